The van der Waals surface area contributed by atoms with Crippen LogP contribution in [-0.2, 0) is 16.1 Å². The van der Waals surface area contributed by atoms with E-state index >= 15 is 0 Å². The average molecular weight is 260 g/mol. The van der Waals surface area contributed by atoms with Crippen molar-refractivity contribution in [3.8, 4) is 0 Å². The molecule has 0 saturated carbocycles. The van der Waals surface area contributed by atoms with Crippen LogP contribution in [0.1, 0.15) is 12.6 Å². The van der Waals surface area contributed by atoms with E-state index in [9.17, 15) is 4.79 Å². The van der Waals surface area contributed by atoms with Gasteiger partial charge >= 0.3 is 5.97 Å². The topological polar surface area (TPSA) is 59.4 Å². The van der Waals surface area contributed by atoms with Crippen molar-refractivity contribution in [2.45, 2.75) is 19.6 Å². The SMILES string of the molecule is CC(OCc1cccc(Br)n1)C(=O)O. The van der Waals surface area contributed by atoms with Gasteiger partial charge in [-0.2, -0.15) is 0 Å². The molecule has 1 heterocycles. The number of carbonyl (C=O) groups is 1. The van der Waals surface area contributed by atoms with E-state index in [1.807, 2.05) is 6.07 Å². The number of halogens is 1. The maximum Gasteiger partial charge on any atom is 0.332 e. The van der Waals surface area contributed by atoms with Gasteiger partial charge in [0.25, 0.3) is 0 Å². The van der Waals surface area contributed by atoms with Crippen molar-refractivity contribution in [2.75, 3.05) is 0 Å². The van der Waals surface area contributed by atoms with Crippen molar-refractivity contribution in [1.29, 1.82) is 0 Å². The smallest absolute Gasteiger partial charge is 0.332 e. The van der Waals surface area contributed by atoms with Crippen molar-refractivity contribution in [3.05, 3.63) is 28.5 Å². The number of hydrogen-bond donors (Lipinski definition) is 1. The summed E-state index contributed by atoms with van der Waals surface area (Å²) in [7, 11) is 0. The van der Waals surface area contributed by atoms with Gasteiger partial charge in [-0.15, -0.1) is 0 Å². The molecule has 1 N–H and O–H groups in total. The zero-order valence-electron chi connectivity index (χ0n) is 7.61. The molecule has 0 aromatic carbocycles. The Kier molecular flexibility index (Phi) is 4.03. The minimum atomic E-state index is -0.972. The average Bonchev–Trinajstić information content (AvgIpc) is 2.14. The zero-order valence-corrected chi connectivity index (χ0v) is 9.19. The molecule has 1 rings (SSSR count). The first-order chi connectivity index (χ1) is 6.59. The zero-order chi connectivity index (χ0) is 10.6. The van der Waals surface area contributed by atoms with E-state index in [4.69, 9.17) is 9.84 Å². The van der Waals surface area contributed by atoms with Crippen molar-refractivity contribution in [3.63, 3.8) is 0 Å². The lowest BCUT2D eigenvalue weighted by atomic mass is 10.3. The summed E-state index contributed by atoms with van der Waals surface area (Å²) in [5.41, 5.74) is 0.701. The molecule has 1 aromatic heterocycles. The molecule has 0 bridgehead atoms. The summed E-state index contributed by atoms with van der Waals surface area (Å²) in [5.74, 6) is -0.972. The number of aromatic nitrogens is 1. The highest BCUT2D eigenvalue weighted by Crippen LogP contribution is 2.07. The number of carboxylic acid groups (broad SMARTS) is 1. The molecule has 0 fully saturated rings. The predicted octanol–water partition coefficient (Wildman–Crippen LogP) is 1.83. The molecule has 0 aliphatic rings. The van der Waals surface area contributed by atoms with Gasteiger partial charge in [-0.05, 0) is 35.0 Å². The molecule has 14 heavy (non-hydrogen) atoms. The molecule has 1 aromatic rings. The number of rotatable bonds is 4. The number of pyridine rings is 1. The molecule has 76 valence electrons. The summed E-state index contributed by atoms with van der Waals surface area (Å²) in [5, 5.41) is 8.56. The summed E-state index contributed by atoms with van der Waals surface area (Å²) in [6.07, 6.45) is -0.809. The van der Waals surface area contributed by atoms with Crippen LogP contribution < -0.4 is 0 Å². The van der Waals surface area contributed by atoms with Crippen LogP contribution in [0.25, 0.3) is 0 Å². The van der Waals surface area contributed by atoms with Gasteiger partial charge < -0.3 is 9.84 Å². The normalized spacial score (nSPS) is 12.4. The Bertz CT molecular complexity index is 330. The lowest BCUT2D eigenvalue weighted by Gasteiger charge is -2.07. The summed E-state index contributed by atoms with van der Waals surface area (Å²) in [4.78, 5) is 14.5. The highest BCUT2D eigenvalue weighted by atomic mass is 79.9. The number of carboxylic acids is 1. The summed E-state index contributed by atoms with van der Waals surface area (Å²) in [6, 6.07) is 5.39. The lowest BCUT2D eigenvalue weighted by Crippen LogP contribution is -2.19. The molecule has 0 spiro atoms. The second-order valence-corrected chi connectivity index (χ2v) is 3.56. The van der Waals surface area contributed by atoms with Gasteiger partial charge in [0.15, 0.2) is 6.10 Å². The number of ether oxygens (including phenoxy) is 1. The molecule has 0 radical (unpaired) electrons. The quantitative estimate of drug-likeness (QED) is 0.839. The second-order valence-electron chi connectivity index (χ2n) is 2.74. The minimum Gasteiger partial charge on any atom is -0.479 e. The fourth-order valence-corrected chi connectivity index (χ4v) is 1.19. The maximum absolute atomic E-state index is 10.4. The second kappa shape index (κ2) is 5.07. The van der Waals surface area contributed by atoms with Crippen LogP contribution in [0.3, 0.4) is 0 Å². The fourth-order valence-electron chi connectivity index (χ4n) is 0.812. The molecule has 0 amide bonds. The molecule has 1 unspecified atom stereocenters. The van der Waals surface area contributed by atoms with Crippen LogP contribution >= 0.6 is 15.9 Å². The summed E-state index contributed by atoms with van der Waals surface area (Å²) in [6.45, 7) is 1.69. The molecule has 5 heteroatoms. The van der Waals surface area contributed by atoms with Crippen molar-refractivity contribution in [1.82, 2.24) is 4.98 Å². The third-order valence-corrected chi connectivity index (χ3v) is 2.04. The first-order valence-corrected chi connectivity index (χ1v) is 4.84. The molecule has 4 nitrogen and oxygen atoms in total. The van der Waals surface area contributed by atoms with Crippen LogP contribution in [0.4, 0.5) is 0 Å². The van der Waals surface area contributed by atoms with Gasteiger partial charge in [-0.25, -0.2) is 9.78 Å². The summed E-state index contributed by atoms with van der Waals surface area (Å²) >= 11 is 3.22. The first kappa shape index (κ1) is 11.1. The van der Waals surface area contributed by atoms with E-state index in [1.165, 1.54) is 6.92 Å². The van der Waals surface area contributed by atoms with Crippen molar-refractivity contribution >= 4 is 21.9 Å². The van der Waals surface area contributed by atoms with Crippen LogP contribution in [0.15, 0.2) is 22.8 Å². The molecular formula is C9H10BrNO3. The summed E-state index contributed by atoms with van der Waals surface area (Å²) < 4.78 is 5.77. The lowest BCUT2D eigenvalue weighted by molar-refractivity contribution is -0.149. The van der Waals surface area contributed by atoms with E-state index < -0.39 is 12.1 Å². The third-order valence-electron chi connectivity index (χ3n) is 1.60. The van der Waals surface area contributed by atoms with Crippen LogP contribution in [0, 0.1) is 0 Å². The molecule has 1 atom stereocenters. The third kappa shape index (κ3) is 3.43. The van der Waals surface area contributed by atoms with E-state index in [1.54, 1.807) is 12.1 Å². The van der Waals surface area contributed by atoms with Crippen LogP contribution in [-0.4, -0.2) is 22.2 Å². The molecule has 0 aliphatic carbocycles. The standard InChI is InChI=1S/C9H10BrNO3/c1-6(9(12)13)14-5-7-3-2-4-8(10)11-7/h2-4,6H,5H2,1H3,(H,12,13). The molecular weight excluding hydrogens is 250 g/mol. The van der Waals surface area contributed by atoms with Gasteiger partial charge in [0.05, 0.1) is 12.3 Å². The number of hydrogen-bond acceptors (Lipinski definition) is 3. The molecule has 0 saturated heterocycles. The Morgan fingerprint density at radius 3 is 3.00 bits per heavy atom. The van der Waals surface area contributed by atoms with E-state index in [0.29, 0.717) is 10.3 Å². The van der Waals surface area contributed by atoms with E-state index in [2.05, 4.69) is 20.9 Å². The predicted molar refractivity (Wildman–Crippen MR) is 53.8 cm³/mol. The molecule has 0 aliphatic heterocycles. The maximum atomic E-state index is 10.4. The largest absolute Gasteiger partial charge is 0.479 e. The monoisotopic (exact) mass is 259 g/mol. The van der Waals surface area contributed by atoms with Gasteiger partial charge in [0.1, 0.15) is 4.60 Å². The number of nitrogens with zero attached hydrogens (tertiary/aromatic N) is 1. The van der Waals surface area contributed by atoms with Gasteiger partial charge in [-0.1, -0.05) is 6.07 Å². The van der Waals surface area contributed by atoms with Gasteiger partial charge in [-0.3, -0.25) is 0 Å². The van der Waals surface area contributed by atoms with Crippen molar-refractivity contribution in [2.24, 2.45) is 0 Å². The Morgan fingerprint density at radius 2 is 2.43 bits per heavy atom. The Morgan fingerprint density at radius 1 is 1.71 bits per heavy atom. The van der Waals surface area contributed by atoms with E-state index in [-0.39, 0.29) is 6.61 Å². The minimum absolute atomic E-state index is 0.201. The van der Waals surface area contributed by atoms with E-state index in [0.717, 1.165) is 0 Å². The Balaban J connectivity index is 2.49. The highest BCUT2D eigenvalue weighted by Gasteiger charge is 2.10. The fraction of sp³-hybridized carbons (Fsp3) is 0.333. The van der Waals surface area contributed by atoms with Crippen LogP contribution in [0.5, 0.6) is 0 Å². The van der Waals surface area contributed by atoms with Crippen molar-refractivity contribution < 1.29 is 14.6 Å². The Hall–Kier alpha value is -0.940. The van der Waals surface area contributed by atoms with Gasteiger partial charge in [0, 0.05) is 0 Å². The first-order valence-electron chi connectivity index (χ1n) is 4.05. The Labute approximate surface area is 90.0 Å². The highest BCUT2D eigenvalue weighted by molar-refractivity contribution is 9.10. The van der Waals surface area contributed by atoms with Crippen LogP contribution in [0.2, 0.25) is 0 Å². The van der Waals surface area contributed by atoms with Gasteiger partial charge in [0.2, 0.25) is 0 Å². The number of aliphatic carboxylic acids is 1.